The molecule has 0 spiro atoms. The van der Waals surface area contributed by atoms with Crippen molar-refractivity contribution in [3.05, 3.63) is 48.5 Å². The van der Waals surface area contributed by atoms with Crippen molar-refractivity contribution in [1.82, 2.24) is 0 Å². The molecule has 0 saturated carbocycles. The van der Waals surface area contributed by atoms with Gasteiger partial charge in [0.1, 0.15) is 11.5 Å². The summed E-state index contributed by atoms with van der Waals surface area (Å²) < 4.78 is 11.8. The van der Waals surface area contributed by atoms with Crippen LogP contribution < -0.4 is 9.47 Å². The van der Waals surface area contributed by atoms with Gasteiger partial charge in [0, 0.05) is 21.5 Å². The van der Waals surface area contributed by atoms with E-state index in [1.54, 1.807) is 7.11 Å². The highest BCUT2D eigenvalue weighted by molar-refractivity contribution is 6.11. The van der Waals surface area contributed by atoms with E-state index in [0.29, 0.717) is 0 Å². The SMILES string of the molecule is CCCCOc1c2ccccc2c(OC)c2ccccc12. The first kappa shape index (κ1) is 13.7. The molecule has 0 amide bonds. The van der Waals surface area contributed by atoms with Crippen LogP contribution in [0.1, 0.15) is 19.8 Å². The Balaban J connectivity index is 2.30. The summed E-state index contributed by atoms with van der Waals surface area (Å²) in [5, 5.41) is 4.43. The third-order valence-electron chi connectivity index (χ3n) is 3.78. The van der Waals surface area contributed by atoms with Crippen molar-refractivity contribution in [3.63, 3.8) is 0 Å². The zero-order valence-corrected chi connectivity index (χ0v) is 12.6. The second-order valence-corrected chi connectivity index (χ2v) is 5.16. The number of methoxy groups -OCH3 is 1. The second kappa shape index (κ2) is 6.04. The van der Waals surface area contributed by atoms with Crippen LogP contribution in [0.3, 0.4) is 0 Å². The molecule has 0 radical (unpaired) electrons. The van der Waals surface area contributed by atoms with Crippen LogP contribution in [0.15, 0.2) is 48.5 Å². The molecule has 0 saturated heterocycles. The van der Waals surface area contributed by atoms with Crippen LogP contribution in [0.5, 0.6) is 11.5 Å². The first-order valence-electron chi connectivity index (χ1n) is 7.47. The number of rotatable bonds is 5. The minimum absolute atomic E-state index is 0.747. The maximum Gasteiger partial charge on any atom is 0.135 e. The van der Waals surface area contributed by atoms with Crippen LogP contribution in [0.25, 0.3) is 21.5 Å². The van der Waals surface area contributed by atoms with Crippen LogP contribution in [-0.2, 0) is 0 Å². The van der Waals surface area contributed by atoms with Crippen LogP contribution in [0, 0.1) is 0 Å². The Morgan fingerprint density at radius 3 is 1.67 bits per heavy atom. The molecule has 3 aromatic rings. The minimum Gasteiger partial charge on any atom is -0.495 e. The molecule has 21 heavy (non-hydrogen) atoms. The molecule has 0 unspecified atom stereocenters. The van der Waals surface area contributed by atoms with Crippen molar-refractivity contribution in [3.8, 4) is 11.5 Å². The van der Waals surface area contributed by atoms with Gasteiger partial charge in [-0.1, -0.05) is 61.9 Å². The molecule has 0 aromatic heterocycles. The fraction of sp³-hybridized carbons (Fsp3) is 0.263. The average molecular weight is 280 g/mol. The van der Waals surface area contributed by atoms with E-state index in [-0.39, 0.29) is 0 Å². The molecule has 2 heteroatoms. The van der Waals surface area contributed by atoms with Gasteiger partial charge in [-0.3, -0.25) is 0 Å². The van der Waals surface area contributed by atoms with Crippen LogP contribution in [0.4, 0.5) is 0 Å². The monoisotopic (exact) mass is 280 g/mol. The molecule has 0 fully saturated rings. The van der Waals surface area contributed by atoms with Gasteiger partial charge >= 0.3 is 0 Å². The summed E-state index contributed by atoms with van der Waals surface area (Å²) in [7, 11) is 1.73. The van der Waals surface area contributed by atoms with Gasteiger partial charge in [0.25, 0.3) is 0 Å². The first-order valence-corrected chi connectivity index (χ1v) is 7.47. The maximum atomic E-state index is 6.12. The number of unbranched alkanes of at least 4 members (excludes halogenated alkanes) is 1. The third-order valence-corrected chi connectivity index (χ3v) is 3.78. The summed E-state index contributed by atoms with van der Waals surface area (Å²) in [6, 6.07) is 16.6. The Bertz CT molecular complexity index is 705. The lowest BCUT2D eigenvalue weighted by Gasteiger charge is -2.16. The molecule has 0 aliphatic rings. The normalized spacial score (nSPS) is 11.0. The Hall–Kier alpha value is -2.22. The fourth-order valence-corrected chi connectivity index (χ4v) is 2.74. The number of ether oxygens (including phenoxy) is 2. The Kier molecular flexibility index (Phi) is 3.96. The number of benzene rings is 3. The lowest BCUT2D eigenvalue weighted by Crippen LogP contribution is -1.99. The Labute approximate surface area is 125 Å². The van der Waals surface area contributed by atoms with Gasteiger partial charge in [-0.05, 0) is 6.42 Å². The largest absolute Gasteiger partial charge is 0.495 e. The van der Waals surface area contributed by atoms with Gasteiger partial charge in [-0.2, -0.15) is 0 Å². The molecule has 0 aliphatic carbocycles. The Morgan fingerprint density at radius 2 is 1.24 bits per heavy atom. The topological polar surface area (TPSA) is 18.5 Å². The first-order chi connectivity index (χ1) is 10.4. The number of hydrogen-bond acceptors (Lipinski definition) is 2. The van der Waals surface area contributed by atoms with Crippen molar-refractivity contribution in [1.29, 1.82) is 0 Å². The molecule has 3 aromatic carbocycles. The highest BCUT2D eigenvalue weighted by atomic mass is 16.5. The van der Waals surface area contributed by atoms with Gasteiger partial charge in [0.2, 0.25) is 0 Å². The molecule has 108 valence electrons. The van der Waals surface area contributed by atoms with Crippen molar-refractivity contribution >= 4 is 21.5 Å². The van der Waals surface area contributed by atoms with Gasteiger partial charge in [-0.15, -0.1) is 0 Å². The highest BCUT2D eigenvalue weighted by Crippen LogP contribution is 2.42. The summed E-state index contributed by atoms with van der Waals surface area (Å²) >= 11 is 0. The molecule has 0 aliphatic heterocycles. The van der Waals surface area contributed by atoms with Crippen molar-refractivity contribution in [2.75, 3.05) is 13.7 Å². The maximum absolute atomic E-state index is 6.12. The lowest BCUT2D eigenvalue weighted by atomic mass is 10.0. The van der Waals surface area contributed by atoms with Gasteiger partial charge < -0.3 is 9.47 Å². The molecule has 0 heterocycles. The van der Waals surface area contributed by atoms with Crippen LogP contribution in [-0.4, -0.2) is 13.7 Å². The molecule has 2 nitrogen and oxygen atoms in total. The molecular formula is C19H20O2. The van der Waals surface area contributed by atoms with Crippen LogP contribution >= 0.6 is 0 Å². The van der Waals surface area contributed by atoms with E-state index in [2.05, 4.69) is 31.2 Å². The minimum atomic E-state index is 0.747. The van der Waals surface area contributed by atoms with Crippen LogP contribution in [0.2, 0.25) is 0 Å². The summed E-state index contributed by atoms with van der Waals surface area (Å²) in [6.45, 7) is 2.92. The van der Waals surface area contributed by atoms with Gasteiger partial charge in [0.05, 0.1) is 13.7 Å². The second-order valence-electron chi connectivity index (χ2n) is 5.16. The van der Waals surface area contributed by atoms with Gasteiger partial charge in [0.15, 0.2) is 0 Å². The molecule has 0 atom stereocenters. The quantitative estimate of drug-likeness (QED) is 0.473. The van der Waals surface area contributed by atoms with E-state index in [0.717, 1.165) is 52.5 Å². The number of fused-ring (bicyclic) bond motifs is 2. The van der Waals surface area contributed by atoms with E-state index in [9.17, 15) is 0 Å². The summed E-state index contributed by atoms with van der Waals surface area (Å²) in [5.41, 5.74) is 0. The molecule has 3 rings (SSSR count). The van der Waals surface area contributed by atoms with E-state index in [1.807, 2.05) is 24.3 Å². The standard InChI is InChI=1S/C19H20O2/c1-3-4-13-21-19-16-11-7-5-9-14(16)18(20-2)15-10-6-8-12-17(15)19/h5-12H,3-4,13H2,1-2H3. The predicted octanol–water partition coefficient (Wildman–Crippen LogP) is 5.18. The molecular weight excluding hydrogens is 260 g/mol. The van der Waals surface area contributed by atoms with Gasteiger partial charge in [-0.25, -0.2) is 0 Å². The number of hydrogen-bond donors (Lipinski definition) is 0. The smallest absolute Gasteiger partial charge is 0.135 e. The van der Waals surface area contributed by atoms with Crippen molar-refractivity contribution in [2.45, 2.75) is 19.8 Å². The predicted molar refractivity (Wildman–Crippen MR) is 88.4 cm³/mol. The lowest BCUT2D eigenvalue weighted by molar-refractivity contribution is 0.316. The average Bonchev–Trinajstić information content (AvgIpc) is 2.54. The summed E-state index contributed by atoms with van der Waals surface area (Å²) in [6.07, 6.45) is 2.20. The summed E-state index contributed by atoms with van der Waals surface area (Å²) in [5.74, 6) is 1.89. The van der Waals surface area contributed by atoms with E-state index in [4.69, 9.17) is 9.47 Å². The fourth-order valence-electron chi connectivity index (χ4n) is 2.74. The zero-order chi connectivity index (χ0) is 14.7. The van der Waals surface area contributed by atoms with E-state index < -0.39 is 0 Å². The summed E-state index contributed by atoms with van der Waals surface area (Å²) in [4.78, 5) is 0. The van der Waals surface area contributed by atoms with Crippen molar-refractivity contribution in [2.24, 2.45) is 0 Å². The van der Waals surface area contributed by atoms with Crippen molar-refractivity contribution < 1.29 is 9.47 Å². The van der Waals surface area contributed by atoms with E-state index >= 15 is 0 Å². The zero-order valence-electron chi connectivity index (χ0n) is 12.6. The Morgan fingerprint density at radius 1 is 0.762 bits per heavy atom. The van der Waals surface area contributed by atoms with E-state index in [1.165, 1.54) is 0 Å². The molecule has 0 N–H and O–H groups in total. The molecule has 0 bridgehead atoms. The third kappa shape index (κ3) is 2.42. The highest BCUT2D eigenvalue weighted by Gasteiger charge is 2.14.